The predicted octanol–water partition coefficient (Wildman–Crippen LogP) is 0.717. The number of anilines is 1. The fourth-order valence-corrected chi connectivity index (χ4v) is 4.54. The van der Waals surface area contributed by atoms with Crippen LogP contribution < -0.4 is 5.32 Å². The Morgan fingerprint density at radius 3 is 2.86 bits per heavy atom. The Bertz CT molecular complexity index is 697. The van der Waals surface area contributed by atoms with E-state index in [1.54, 1.807) is 19.1 Å². The molecule has 0 radical (unpaired) electrons. The summed E-state index contributed by atoms with van der Waals surface area (Å²) in [5.74, 6) is -0.125. The summed E-state index contributed by atoms with van der Waals surface area (Å²) < 4.78 is 26.7. The number of carbonyl (C=O) groups is 1. The minimum Gasteiger partial charge on any atom is -0.389 e. The lowest BCUT2D eigenvalue weighted by molar-refractivity contribution is -0.115. The summed E-state index contributed by atoms with van der Waals surface area (Å²) in [6, 6.07) is 4.67. The Morgan fingerprint density at radius 1 is 1.38 bits per heavy atom. The molecule has 1 unspecified atom stereocenters. The minimum atomic E-state index is -3.64. The SMILES string of the molecule is CC1(O)CCCN(S(=O)(=O)c2ccc3c(c2)CC(=O)N3)C1. The van der Waals surface area contributed by atoms with E-state index in [4.69, 9.17) is 0 Å². The van der Waals surface area contributed by atoms with Crippen molar-refractivity contribution < 1.29 is 18.3 Å². The summed E-state index contributed by atoms with van der Waals surface area (Å²) in [4.78, 5) is 11.5. The average Bonchev–Trinajstić information content (AvgIpc) is 2.76. The number of carbonyl (C=O) groups excluding carboxylic acids is 1. The van der Waals surface area contributed by atoms with E-state index >= 15 is 0 Å². The Balaban J connectivity index is 1.92. The number of β-amino-alcohol motifs (C(OH)–C–C–N with tert-alkyl or cyclic N) is 1. The predicted molar refractivity (Wildman–Crippen MR) is 77.4 cm³/mol. The Kier molecular flexibility index (Phi) is 3.31. The van der Waals surface area contributed by atoms with E-state index in [1.807, 2.05) is 0 Å². The van der Waals surface area contributed by atoms with Crippen molar-refractivity contribution in [3.63, 3.8) is 0 Å². The van der Waals surface area contributed by atoms with Gasteiger partial charge in [0, 0.05) is 18.8 Å². The van der Waals surface area contributed by atoms with Gasteiger partial charge in [0.05, 0.1) is 16.9 Å². The first-order valence-electron chi connectivity index (χ1n) is 6.93. The second-order valence-corrected chi connectivity index (χ2v) is 7.92. The van der Waals surface area contributed by atoms with Gasteiger partial charge in [-0.15, -0.1) is 0 Å². The summed E-state index contributed by atoms with van der Waals surface area (Å²) in [6.45, 7) is 2.16. The smallest absolute Gasteiger partial charge is 0.243 e. The van der Waals surface area contributed by atoms with Crippen LogP contribution in [0.5, 0.6) is 0 Å². The standard InChI is InChI=1S/C14H18N2O4S/c1-14(18)5-2-6-16(9-14)21(19,20)11-3-4-12-10(7-11)8-13(17)15-12/h3-4,7,18H,2,5-6,8-9H2,1H3,(H,15,17). The second-order valence-electron chi connectivity index (χ2n) is 5.98. The van der Waals surface area contributed by atoms with E-state index < -0.39 is 15.6 Å². The van der Waals surface area contributed by atoms with Crippen molar-refractivity contribution in [1.82, 2.24) is 4.31 Å². The molecular weight excluding hydrogens is 292 g/mol. The zero-order chi connectivity index (χ0) is 15.3. The van der Waals surface area contributed by atoms with Crippen molar-refractivity contribution in [2.75, 3.05) is 18.4 Å². The average molecular weight is 310 g/mol. The van der Waals surface area contributed by atoms with Gasteiger partial charge in [-0.1, -0.05) is 0 Å². The van der Waals surface area contributed by atoms with Gasteiger partial charge in [0.15, 0.2) is 0 Å². The van der Waals surface area contributed by atoms with E-state index in [0.717, 1.165) is 0 Å². The first-order valence-corrected chi connectivity index (χ1v) is 8.37. The monoisotopic (exact) mass is 310 g/mol. The molecule has 0 saturated carbocycles. The van der Waals surface area contributed by atoms with Crippen LogP contribution in [0.1, 0.15) is 25.3 Å². The number of hydrogen-bond acceptors (Lipinski definition) is 4. The van der Waals surface area contributed by atoms with Crippen LogP contribution in [0, 0.1) is 0 Å². The normalized spacial score (nSPS) is 26.5. The van der Waals surface area contributed by atoms with Gasteiger partial charge in [-0.25, -0.2) is 8.42 Å². The van der Waals surface area contributed by atoms with Crippen molar-refractivity contribution in [2.24, 2.45) is 0 Å². The van der Waals surface area contributed by atoms with Gasteiger partial charge in [-0.05, 0) is 43.5 Å². The van der Waals surface area contributed by atoms with Crippen LogP contribution in [0.3, 0.4) is 0 Å². The molecule has 2 heterocycles. The van der Waals surface area contributed by atoms with Crippen LogP contribution in [0.25, 0.3) is 0 Å². The minimum absolute atomic E-state index is 0.101. The summed E-state index contributed by atoms with van der Waals surface area (Å²) in [6.07, 6.45) is 1.44. The molecule has 0 spiro atoms. The maximum atomic E-state index is 12.7. The first-order chi connectivity index (χ1) is 9.78. The molecule has 2 aliphatic rings. The Morgan fingerprint density at radius 2 is 2.14 bits per heavy atom. The molecule has 1 atom stereocenters. The number of sulfonamides is 1. The molecule has 1 aromatic rings. The lowest BCUT2D eigenvalue weighted by Crippen LogP contribution is -2.48. The van der Waals surface area contributed by atoms with Crippen molar-refractivity contribution in [3.8, 4) is 0 Å². The maximum Gasteiger partial charge on any atom is 0.243 e. The fourth-order valence-electron chi connectivity index (χ4n) is 2.89. The first kappa shape index (κ1) is 14.5. The summed E-state index contributed by atoms with van der Waals surface area (Å²) in [7, 11) is -3.64. The van der Waals surface area contributed by atoms with Crippen LogP contribution in [0.15, 0.2) is 23.1 Å². The molecule has 1 fully saturated rings. The van der Waals surface area contributed by atoms with Gasteiger partial charge in [0.25, 0.3) is 0 Å². The summed E-state index contributed by atoms with van der Waals surface area (Å²) >= 11 is 0. The second kappa shape index (κ2) is 4.79. The van der Waals surface area contributed by atoms with Crippen molar-refractivity contribution in [2.45, 2.75) is 36.7 Å². The van der Waals surface area contributed by atoms with E-state index in [2.05, 4.69) is 5.32 Å². The van der Waals surface area contributed by atoms with Crippen molar-refractivity contribution in [3.05, 3.63) is 23.8 Å². The largest absolute Gasteiger partial charge is 0.389 e. The van der Waals surface area contributed by atoms with E-state index in [-0.39, 0.29) is 23.8 Å². The molecule has 2 N–H and O–H groups in total. The molecular formula is C14H18N2O4S. The van der Waals surface area contributed by atoms with Crippen molar-refractivity contribution in [1.29, 1.82) is 0 Å². The third-order valence-corrected chi connectivity index (χ3v) is 5.82. The van der Waals surface area contributed by atoms with Gasteiger partial charge in [-0.3, -0.25) is 4.79 Å². The number of nitrogens with zero attached hydrogens (tertiary/aromatic N) is 1. The highest BCUT2D eigenvalue weighted by Crippen LogP contribution is 2.30. The molecule has 7 heteroatoms. The van der Waals surface area contributed by atoms with Gasteiger partial charge in [-0.2, -0.15) is 4.31 Å². The van der Waals surface area contributed by atoms with Crippen LogP contribution in [-0.4, -0.2) is 42.4 Å². The summed E-state index contributed by atoms with van der Waals surface area (Å²) in [5.41, 5.74) is 0.383. The van der Waals surface area contributed by atoms with Crippen LogP contribution in [0.4, 0.5) is 5.69 Å². The number of rotatable bonds is 2. The van der Waals surface area contributed by atoms with E-state index in [1.165, 1.54) is 10.4 Å². The molecule has 3 rings (SSSR count). The molecule has 2 aliphatic heterocycles. The van der Waals surface area contributed by atoms with Gasteiger partial charge in [0.2, 0.25) is 15.9 Å². The van der Waals surface area contributed by atoms with Crippen LogP contribution in [-0.2, 0) is 21.2 Å². The maximum absolute atomic E-state index is 12.7. The molecule has 21 heavy (non-hydrogen) atoms. The number of hydrogen-bond donors (Lipinski definition) is 2. The lowest BCUT2D eigenvalue weighted by atomic mass is 9.97. The number of fused-ring (bicyclic) bond motifs is 1. The zero-order valence-electron chi connectivity index (χ0n) is 11.8. The van der Waals surface area contributed by atoms with Crippen LogP contribution >= 0.6 is 0 Å². The highest BCUT2D eigenvalue weighted by molar-refractivity contribution is 7.89. The number of aliphatic hydroxyl groups is 1. The van der Waals surface area contributed by atoms with Gasteiger partial charge < -0.3 is 10.4 Å². The molecule has 114 valence electrons. The molecule has 6 nitrogen and oxygen atoms in total. The zero-order valence-corrected chi connectivity index (χ0v) is 12.6. The highest BCUT2D eigenvalue weighted by atomic mass is 32.2. The van der Waals surface area contributed by atoms with Crippen molar-refractivity contribution >= 4 is 21.6 Å². The number of benzene rings is 1. The van der Waals surface area contributed by atoms with E-state index in [0.29, 0.717) is 30.6 Å². The molecule has 1 amide bonds. The fraction of sp³-hybridized carbons (Fsp3) is 0.500. The summed E-state index contributed by atoms with van der Waals surface area (Å²) in [5, 5.41) is 12.8. The highest BCUT2D eigenvalue weighted by Gasteiger charge is 2.36. The Labute approximate surface area is 123 Å². The number of amides is 1. The number of piperidine rings is 1. The topological polar surface area (TPSA) is 86.7 Å². The van der Waals surface area contributed by atoms with Gasteiger partial charge in [0.1, 0.15) is 0 Å². The quantitative estimate of drug-likeness (QED) is 0.842. The Hall–Kier alpha value is -1.44. The molecule has 1 saturated heterocycles. The molecule has 0 aromatic heterocycles. The third kappa shape index (κ3) is 2.68. The van der Waals surface area contributed by atoms with E-state index in [9.17, 15) is 18.3 Å². The molecule has 1 aromatic carbocycles. The molecule has 0 aliphatic carbocycles. The lowest BCUT2D eigenvalue weighted by Gasteiger charge is -2.35. The number of nitrogens with one attached hydrogen (secondary N) is 1. The van der Waals surface area contributed by atoms with Crippen LogP contribution in [0.2, 0.25) is 0 Å². The molecule has 0 bridgehead atoms. The van der Waals surface area contributed by atoms with Gasteiger partial charge >= 0.3 is 0 Å². The third-order valence-electron chi connectivity index (χ3n) is 3.98.